The lowest BCUT2D eigenvalue weighted by molar-refractivity contribution is -0.0272. The van der Waals surface area contributed by atoms with Crippen LogP contribution in [0.25, 0.3) is 0 Å². The Hall–Kier alpha value is -1.82. The molecule has 1 saturated heterocycles. The number of aliphatic hydroxyl groups excluding tert-OH is 1. The highest BCUT2D eigenvalue weighted by Gasteiger charge is 2.49. The van der Waals surface area contributed by atoms with Crippen LogP contribution in [0, 0.1) is 16.7 Å². The standard InChI is InChI=1S/C18H16Cl2N2O4S/c19-14-3-6-17(16(20)7-14)27(24,25)22-9-18(10-22,11-23)12-26-15-4-1-13(8-21)2-5-15/h1-7,23H,9-12H2. The molecule has 27 heavy (non-hydrogen) atoms. The fourth-order valence-corrected chi connectivity index (χ4v) is 5.21. The Bertz CT molecular complexity index is 981. The van der Waals surface area contributed by atoms with Crippen LogP contribution in [-0.4, -0.2) is 44.1 Å². The average molecular weight is 427 g/mol. The van der Waals surface area contributed by atoms with Crippen LogP contribution in [0.1, 0.15) is 5.56 Å². The number of sulfonamides is 1. The van der Waals surface area contributed by atoms with E-state index in [-0.39, 0.29) is 36.2 Å². The summed E-state index contributed by atoms with van der Waals surface area (Å²) in [4.78, 5) is -0.0203. The summed E-state index contributed by atoms with van der Waals surface area (Å²) in [6.45, 7) is 0.154. The predicted octanol–water partition coefficient (Wildman–Crippen LogP) is 2.93. The third-order valence-electron chi connectivity index (χ3n) is 4.40. The molecule has 0 saturated carbocycles. The molecule has 1 aliphatic heterocycles. The Labute approximate surface area is 167 Å². The first kappa shape index (κ1) is 19.9. The van der Waals surface area contributed by atoms with E-state index in [0.29, 0.717) is 16.3 Å². The maximum atomic E-state index is 12.7. The van der Waals surface area contributed by atoms with Gasteiger partial charge in [-0.3, -0.25) is 0 Å². The Morgan fingerprint density at radius 1 is 1.19 bits per heavy atom. The van der Waals surface area contributed by atoms with Crippen LogP contribution >= 0.6 is 23.2 Å². The summed E-state index contributed by atoms with van der Waals surface area (Å²) in [6.07, 6.45) is 0. The number of halogens is 2. The van der Waals surface area contributed by atoms with Crippen molar-refractivity contribution in [2.75, 3.05) is 26.3 Å². The van der Waals surface area contributed by atoms with Crippen molar-refractivity contribution >= 4 is 33.2 Å². The largest absolute Gasteiger partial charge is 0.493 e. The molecule has 0 bridgehead atoms. The van der Waals surface area contributed by atoms with Gasteiger partial charge in [0.1, 0.15) is 10.6 Å². The van der Waals surface area contributed by atoms with Gasteiger partial charge in [-0.15, -0.1) is 0 Å². The SMILES string of the molecule is N#Cc1ccc(OCC2(CO)CN(S(=O)(=O)c3ccc(Cl)cc3Cl)C2)cc1. The highest BCUT2D eigenvalue weighted by atomic mass is 35.5. The lowest BCUT2D eigenvalue weighted by atomic mass is 9.83. The smallest absolute Gasteiger partial charge is 0.244 e. The van der Waals surface area contributed by atoms with Crippen LogP contribution in [0.15, 0.2) is 47.4 Å². The van der Waals surface area contributed by atoms with E-state index in [0.717, 1.165) is 0 Å². The summed E-state index contributed by atoms with van der Waals surface area (Å²) >= 11 is 11.8. The molecule has 0 unspecified atom stereocenters. The van der Waals surface area contributed by atoms with Gasteiger partial charge in [-0.05, 0) is 42.5 Å². The number of rotatable bonds is 6. The van der Waals surface area contributed by atoms with Crippen LogP contribution in [-0.2, 0) is 10.0 Å². The summed E-state index contributed by atoms with van der Waals surface area (Å²) in [5, 5.41) is 19.0. The number of nitriles is 1. The molecule has 0 amide bonds. The summed E-state index contributed by atoms with van der Waals surface area (Å²) < 4.78 is 32.4. The molecule has 1 fully saturated rings. The van der Waals surface area contributed by atoms with Crippen LogP contribution in [0.5, 0.6) is 5.75 Å². The zero-order valence-electron chi connectivity index (χ0n) is 14.1. The molecule has 0 atom stereocenters. The van der Waals surface area contributed by atoms with Crippen LogP contribution in [0.4, 0.5) is 0 Å². The Morgan fingerprint density at radius 3 is 2.41 bits per heavy atom. The third-order valence-corrected chi connectivity index (χ3v) is 6.91. The Morgan fingerprint density at radius 2 is 1.85 bits per heavy atom. The minimum Gasteiger partial charge on any atom is -0.493 e. The van der Waals surface area contributed by atoms with Crippen molar-refractivity contribution in [2.45, 2.75) is 4.90 Å². The number of hydrogen-bond acceptors (Lipinski definition) is 5. The Kier molecular flexibility index (Phi) is 5.65. The molecule has 0 aromatic heterocycles. The van der Waals surface area contributed by atoms with E-state index in [1.54, 1.807) is 24.3 Å². The van der Waals surface area contributed by atoms with Gasteiger partial charge in [0, 0.05) is 18.1 Å². The highest BCUT2D eigenvalue weighted by Crippen LogP contribution is 2.37. The number of aliphatic hydroxyl groups is 1. The van der Waals surface area contributed by atoms with E-state index in [1.807, 2.05) is 6.07 Å². The first-order valence-corrected chi connectivity index (χ1v) is 10.2. The fourth-order valence-electron chi connectivity index (χ4n) is 2.79. The summed E-state index contributed by atoms with van der Waals surface area (Å²) in [6, 6.07) is 12.8. The van der Waals surface area contributed by atoms with Gasteiger partial charge in [0.05, 0.1) is 35.3 Å². The second kappa shape index (κ2) is 7.66. The first-order valence-electron chi connectivity index (χ1n) is 7.99. The van der Waals surface area contributed by atoms with Gasteiger partial charge < -0.3 is 9.84 Å². The predicted molar refractivity (Wildman–Crippen MR) is 101 cm³/mol. The third kappa shape index (κ3) is 4.05. The molecule has 6 nitrogen and oxygen atoms in total. The molecule has 0 aliphatic carbocycles. The molecule has 3 rings (SSSR count). The molecule has 9 heteroatoms. The molecule has 0 spiro atoms. The summed E-state index contributed by atoms with van der Waals surface area (Å²) in [5.74, 6) is 0.545. The molecular weight excluding hydrogens is 411 g/mol. The molecule has 1 N–H and O–H groups in total. The highest BCUT2D eigenvalue weighted by molar-refractivity contribution is 7.89. The molecule has 2 aromatic carbocycles. The minimum atomic E-state index is -3.78. The first-order chi connectivity index (χ1) is 12.8. The van der Waals surface area contributed by atoms with E-state index in [1.165, 1.54) is 22.5 Å². The van der Waals surface area contributed by atoms with Crippen molar-refractivity contribution in [3.8, 4) is 11.8 Å². The van der Waals surface area contributed by atoms with Gasteiger partial charge in [-0.2, -0.15) is 9.57 Å². The fraction of sp³-hybridized carbons (Fsp3) is 0.278. The van der Waals surface area contributed by atoms with E-state index >= 15 is 0 Å². The van der Waals surface area contributed by atoms with Crippen molar-refractivity contribution < 1.29 is 18.3 Å². The normalized spacial score (nSPS) is 16.4. The zero-order chi connectivity index (χ0) is 19.7. The van der Waals surface area contributed by atoms with Gasteiger partial charge in [0.25, 0.3) is 0 Å². The summed E-state index contributed by atoms with van der Waals surface area (Å²) in [7, 11) is -3.78. The maximum absolute atomic E-state index is 12.7. The lowest BCUT2D eigenvalue weighted by Crippen LogP contribution is -2.62. The van der Waals surface area contributed by atoms with E-state index in [4.69, 9.17) is 33.2 Å². The van der Waals surface area contributed by atoms with Gasteiger partial charge in [0.15, 0.2) is 0 Å². The monoisotopic (exact) mass is 426 g/mol. The number of benzene rings is 2. The molecule has 2 aromatic rings. The van der Waals surface area contributed by atoms with Crippen molar-refractivity contribution in [1.82, 2.24) is 4.31 Å². The molecule has 1 aliphatic rings. The van der Waals surface area contributed by atoms with Crippen LogP contribution < -0.4 is 4.74 Å². The number of nitrogens with zero attached hydrogens (tertiary/aromatic N) is 2. The number of hydrogen-bond donors (Lipinski definition) is 1. The van der Waals surface area contributed by atoms with E-state index in [9.17, 15) is 13.5 Å². The topological polar surface area (TPSA) is 90.6 Å². The van der Waals surface area contributed by atoms with Gasteiger partial charge in [-0.25, -0.2) is 8.42 Å². The Balaban J connectivity index is 1.68. The van der Waals surface area contributed by atoms with Crippen LogP contribution in [0.2, 0.25) is 10.0 Å². The van der Waals surface area contributed by atoms with Crippen LogP contribution in [0.3, 0.4) is 0 Å². The number of ether oxygens (including phenoxy) is 1. The lowest BCUT2D eigenvalue weighted by Gasteiger charge is -2.47. The zero-order valence-corrected chi connectivity index (χ0v) is 16.4. The summed E-state index contributed by atoms with van der Waals surface area (Å²) in [5.41, 5.74) is -0.181. The van der Waals surface area contributed by atoms with Gasteiger partial charge >= 0.3 is 0 Å². The molecule has 142 valence electrons. The van der Waals surface area contributed by atoms with Crippen molar-refractivity contribution in [2.24, 2.45) is 5.41 Å². The van der Waals surface area contributed by atoms with E-state index in [2.05, 4.69) is 0 Å². The molecule has 1 heterocycles. The second-order valence-electron chi connectivity index (χ2n) is 6.43. The minimum absolute atomic E-state index is 0.0203. The second-order valence-corrected chi connectivity index (χ2v) is 9.18. The van der Waals surface area contributed by atoms with E-state index < -0.39 is 15.4 Å². The van der Waals surface area contributed by atoms with Crippen molar-refractivity contribution in [3.63, 3.8) is 0 Å². The quantitative estimate of drug-likeness (QED) is 0.766. The van der Waals surface area contributed by atoms with Gasteiger partial charge in [0.2, 0.25) is 10.0 Å². The maximum Gasteiger partial charge on any atom is 0.244 e. The molecule has 0 radical (unpaired) electrons. The van der Waals surface area contributed by atoms with Crippen molar-refractivity contribution in [3.05, 3.63) is 58.1 Å². The van der Waals surface area contributed by atoms with Gasteiger partial charge in [-0.1, -0.05) is 23.2 Å². The molecular formula is C18H16Cl2N2O4S. The van der Waals surface area contributed by atoms with Crippen molar-refractivity contribution in [1.29, 1.82) is 5.26 Å². The average Bonchev–Trinajstić information content (AvgIpc) is 2.61.